The maximum atomic E-state index is 13.4. The van der Waals surface area contributed by atoms with Gasteiger partial charge >= 0.3 is 6.09 Å². The van der Waals surface area contributed by atoms with Crippen molar-refractivity contribution < 1.29 is 18.8 Å². The number of nitrogens with two attached hydrogens (primary N) is 1. The number of rotatable bonds is 4. The zero-order chi connectivity index (χ0) is 13.0. The average Bonchev–Trinajstić information content (AvgIpc) is 2.26. The van der Waals surface area contributed by atoms with E-state index in [1.807, 2.05) is 0 Å². The Labute approximate surface area is 96.3 Å². The molecule has 1 amide bonds. The number of nitro benzene ring substituents is 1. The van der Waals surface area contributed by atoms with Crippen LogP contribution in [0.2, 0.25) is 0 Å². The standard InChI is InChI=1S/C10H11FN2O4/c1-6(5-17-10(12)14)8-4-7(13(15)16)2-3-9(8)11/h2-4,6H,5H2,1H3,(H2,12,14). The second kappa shape index (κ2) is 5.24. The monoisotopic (exact) mass is 242 g/mol. The predicted molar refractivity (Wildman–Crippen MR) is 57.0 cm³/mol. The van der Waals surface area contributed by atoms with E-state index in [-0.39, 0.29) is 17.9 Å². The number of amides is 1. The summed E-state index contributed by atoms with van der Waals surface area (Å²) in [5.74, 6) is -1.10. The summed E-state index contributed by atoms with van der Waals surface area (Å²) in [6.45, 7) is 1.44. The highest BCUT2D eigenvalue weighted by Gasteiger charge is 2.17. The third kappa shape index (κ3) is 3.40. The molecule has 0 fully saturated rings. The van der Waals surface area contributed by atoms with Crippen LogP contribution in [-0.2, 0) is 4.74 Å². The van der Waals surface area contributed by atoms with Gasteiger partial charge in [-0.2, -0.15) is 0 Å². The molecule has 1 rings (SSSR count). The maximum Gasteiger partial charge on any atom is 0.404 e. The van der Waals surface area contributed by atoms with Crippen molar-refractivity contribution in [1.82, 2.24) is 0 Å². The number of carbonyl (C=O) groups is 1. The van der Waals surface area contributed by atoms with E-state index in [4.69, 9.17) is 5.73 Å². The first-order valence-electron chi connectivity index (χ1n) is 4.78. The highest BCUT2D eigenvalue weighted by Crippen LogP contribution is 2.24. The third-order valence-corrected chi connectivity index (χ3v) is 2.20. The molecule has 17 heavy (non-hydrogen) atoms. The number of nitro groups is 1. The second-order valence-electron chi connectivity index (χ2n) is 3.49. The van der Waals surface area contributed by atoms with E-state index in [1.54, 1.807) is 6.92 Å². The van der Waals surface area contributed by atoms with Gasteiger partial charge < -0.3 is 10.5 Å². The van der Waals surface area contributed by atoms with Crippen molar-refractivity contribution in [2.45, 2.75) is 12.8 Å². The molecule has 0 aliphatic carbocycles. The minimum Gasteiger partial charge on any atom is -0.449 e. The number of benzene rings is 1. The Morgan fingerprint density at radius 3 is 2.82 bits per heavy atom. The van der Waals surface area contributed by atoms with Crippen molar-refractivity contribution in [3.63, 3.8) is 0 Å². The molecular weight excluding hydrogens is 231 g/mol. The van der Waals surface area contributed by atoms with Crippen LogP contribution in [0.4, 0.5) is 14.9 Å². The van der Waals surface area contributed by atoms with Crippen molar-refractivity contribution in [3.05, 3.63) is 39.7 Å². The topological polar surface area (TPSA) is 95.5 Å². The quantitative estimate of drug-likeness (QED) is 0.644. The van der Waals surface area contributed by atoms with Crippen molar-refractivity contribution in [3.8, 4) is 0 Å². The third-order valence-electron chi connectivity index (χ3n) is 2.20. The summed E-state index contributed by atoms with van der Waals surface area (Å²) in [6, 6.07) is 3.19. The van der Waals surface area contributed by atoms with Crippen molar-refractivity contribution >= 4 is 11.8 Å². The number of non-ortho nitro benzene ring substituents is 1. The Morgan fingerprint density at radius 1 is 1.65 bits per heavy atom. The van der Waals surface area contributed by atoms with Crippen LogP contribution < -0.4 is 5.73 Å². The Hall–Kier alpha value is -2.18. The SMILES string of the molecule is CC(COC(N)=O)c1cc([N+](=O)[O-])ccc1F. The molecule has 1 aromatic carbocycles. The second-order valence-corrected chi connectivity index (χ2v) is 3.49. The predicted octanol–water partition coefficient (Wildman–Crippen LogP) is 1.93. The van der Waals surface area contributed by atoms with Gasteiger partial charge in [0.2, 0.25) is 0 Å². The number of halogens is 1. The van der Waals surface area contributed by atoms with Crippen LogP contribution in [0.3, 0.4) is 0 Å². The van der Waals surface area contributed by atoms with Crippen LogP contribution >= 0.6 is 0 Å². The zero-order valence-corrected chi connectivity index (χ0v) is 9.05. The smallest absolute Gasteiger partial charge is 0.404 e. The molecule has 0 saturated carbocycles. The first kappa shape index (κ1) is 12.9. The summed E-state index contributed by atoms with van der Waals surface area (Å²) in [4.78, 5) is 20.3. The molecule has 0 spiro atoms. The molecule has 0 heterocycles. The molecular formula is C10H11FN2O4. The molecule has 2 N–H and O–H groups in total. The summed E-state index contributed by atoms with van der Waals surface area (Å²) >= 11 is 0. The summed E-state index contributed by atoms with van der Waals surface area (Å²) in [5, 5.41) is 10.5. The van der Waals surface area contributed by atoms with Gasteiger partial charge in [0.15, 0.2) is 0 Å². The van der Waals surface area contributed by atoms with Gasteiger partial charge in [0, 0.05) is 23.6 Å². The summed E-state index contributed by atoms with van der Waals surface area (Å²) < 4.78 is 17.9. The number of ether oxygens (including phenoxy) is 1. The molecule has 0 aliphatic heterocycles. The molecule has 7 heteroatoms. The Bertz CT molecular complexity index is 450. The number of nitrogens with zero attached hydrogens (tertiary/aromatic N) is 1. The lowest BCUT2D eigenvalue weighted by molar-refractivity contribution is -0.385. The fourth-order valence-electron chi connectivity index (χ4n) is 1.32. The van der Waals surface area contributed by atoms with E-state index in [2.05, 4.69) is 4.74 Å². The first-order chi connectivity index (χ1) is 7.91. The molecule has 6 nitrogen and oxygen atoms in total. The van der Waals surface area contributed by atoms with E-state index in [0.717, 1.165) is 18.2 Å². The van der Waals surface area contributed by atoms with Crippen molar-refractivity contribution in [1.29, 1.82) is 0 Å². The Balaban J connectivity index is 2.91. The highest BCUT2D eigenvalue weighted by molar-refractivity contribution is 5.64. The summed E-state index contributed by atoms with van der Waals surface area (Å²) in [6.07, 6.45) is -0.970. The van der Waals surface area contributed by atoms with Gasteiger partial charge in [-0.3, -0.25) is 10.1 Å². The van der Waals surface area contributed by atoms with Crippen molar-refractivity contribution in [2.24, 2.45) is 5.73 Å². The van der Waals surface area contributed by atoms with E-state index < -0.39 is 22.8 Å². The van der Waals surface area contributed by atoms with Crippen molar-refractivity contribution in [2.75, 3.05) is 6.61 Å². The van der Waals surface area contributed by atoms with E-state index >= 15 is 0 Å². The molecule has 0 bridgehead atoms. The molecule has 92 valence electrons. The van der Waals surface area contributed by atoms with Gasteiger partial charge in [-0.15, -0.1) is 0 Å². The van der Waals surface area contributed by atoms with Gasteiger partial charge in [0.25, 0.3) is 5.69 Å². The van der Waals surface area contributed by atoms with Gasteiger partial charge in [-0.1, -0.05) is 6.92 Å². The highest BCUT2D eigenvalue weighted by atomic mass is 19.1. The van der Waals surface area contributed by atoms with Gasteiger partial charge in [0.05, 0.1) is 11.5 Å². The zero-order valence-electron chi connectivity index (χ0n) is 9.05. The molecule has 0 aromatic heterocycles. The van der Waals surface area contributed by atoms with Crippen LogP contribution in [-0.4, -0.2) is 17.6 Å². The molecule has 1 unspecified atom stereocenters. The van der Waals surface area contributed by atoms with Crippen LogP contribution in [0, 0.1) is 15.9 Å². The number of hydrogen-bond acceptors (Lipinski definition) is 4. The lowest BCUT2D eigenvalue weighted by atomic mass is 10.0. The fraction of sp³-hybridized carbons (Fsp3) is 0.300. The van der Waals surface area contributed by atoms with E-state index in [1.165, 1.54) is 0 Å². The molecule has 0 aliphatic rings. The Kier molecular flexibility index (Phi) is 3.97. The minimum atomic E-state index is -0.970. The molecule has 0 saturated heterocycles. The van der Waals surface area contributed by atoms with Gasteiger partial charge in [0.1, 0.15) is 5.82 Å². The normalized spacial score (nSPS) is 11.9. The number of hydrogen-bond donors (Lipinski definition) is 1. The average molecular weight is 242 g/mol. The lowest BCUT2D eigenvalue weighted by Crippen LogP contribution is -2.17. The first-order valence-corrected chi connectivity index (χ1v) is 4.78. The number of primary amides is 1. The maximum absolute atomic E-state index is 13.4. The van der Waals surface area contributed by atoms with E-state index in [0.29, 0.717) is 0 Å². The molecule has 1 atom stereocenters. The molecule has 0 radical (unpaired) electrons. The van der Waals surface area contributed by atoms with Gasteiger partial charge in [-0.05, 0) is 6.07 Å². The van der Waals surface area contributed by atoms with Crippen LogP contribution in [0.25, 0.3) is 0 Å². The largest absolute Gasteiger partial charge is 0.449 e. The Morgan fingerprint density at radius 2 is 2.29 bits per heavy atom. The fourth-order valence-corrected chi connectivity index (χ4v) is 1.32. The lowest BCUT2D eigenvalue weighted by Gasteiger charge is -2.12. The summed E-state index contributed by atoms with van der Waals surface area (Å²) in [5.41, 5.74) is 4.67. The molecule has 1 aromatic rings. The van der Waals surface area contributed by atoms with E-state index in [9.17, 15) is 19.3 Å². The van der Waals surface area contributed by atoms with Crippen LogP contribution in [0.1, 0.15) is 18.4 Å². The van der Waals surface area contributed by atoms with Crippen LogP contribution in [0.5, 0.6) is 0 Å². The van der Waals surface area contributed by atoms with Crippen LogP contribution in [0.15, 0.2) is 18.2 Å². The van der Waals surface area contributed by atoms with Gasteiger partial charge in [-0.25, -0.2) is 9.18 Å². The minimum absolute atomic E-state index is 0.112. The number of carbonyl (C=O) groups excluding carboxylic acids is 1. The summed E-state index contributed by atoms with van der Waals surface area (Å²) in [7, 11) is 0.